The van der Waals surface area contributed by atoms with Gasteiger partial charge in [0.1, 0.15) is 0 Å². The van der Waals surface area contributed by atoms with Crippen molar-refractivity contribution >= 4 is 50.0 Å². The van der Waals surface area contributed by atoms with Gasteiger partial charge in [0.2, 0.25) is 10.0 Å². The van der Waals surface area contributed by atoms with E-state index in [0.29, 0.717) is 22.2 Å². The maximum absolute atomic E-state index is 13.6. The summed E-state index contributed by atoms with van der Waals surface area (Å²) in [5.41, 5.74) is 5.75. The Kier molecular flexibility index (Phi) is 6.76. The van der Waals surface area contributed by atoms with Crippen LogP contribution in [0.1, 0.15) is 17.5 Å². The van der Waals surface area contributed by atoms with Crippen molar-refractivity contribution in [2.75, 3.05) is 16.3 Å². The summed E-state index contributed by atoms with van der Waals surface area (Å²) in [6, 6.07) is 27.5. The maximum atomic E-state index is 13.6. The minimum absolute atomic E-state index is 0.0179. The van der Waals surface area contributed by atoms with Gasteiger partial charge in [-0.3, -0.25) is 9.80 Å². The molecule has 3 aromatic rings. The summed E-state index contributed by atoms with van der Waals surface area (Å²) in [7, 11) is -3.89. The number of nitrogens with zero attached hydrogens (tertiary/aromatic N) is 2. The van der Waals surface area contributed by atoms with Crippen LogP contribution in [0.3, 0.4) is 0 Å². The lowest BCUT2D eigenvalue weighted by molar-refractivity contribution is 0.245. The molecule has 2 amide bonds. The van der Waals surface area contributed by atoms with Crippen LogP contribution < -0.4 is 14.9 Å². The first-order chi connectivity index (χ1) is 17.2. The number of carbonyl (C=O) groups is 1. The van der Waals surface area contributed by atoms with Crippen molar-refractivity contribution in [2.45, 2.75) is 30.7 Å². The summed E-state index contributed by atoms with van der Waals surface area (Å²) >= 11 is 1.99. The van der Waals surface area contributed by atoms with Gasteiger partial charge in [-0.15, -0.1) is 0 Å². The average Bonchev–Trinajstić information content (AvgIpc) is 3.20. The zero-order valence-corrected chi connectivity index (χ0v) is 22.7. The predicted octanol–water partition coefficient (Wildman–Crippen LogP) is 5.80. The second-order valence-corrected chi connectivity index (χ2v) is 11.7. The number of hydrogen-bond acceptors (Lipinski definition) is 3. The van der Waals surface area contributed by atoms with Gasteiger partial charge in [0.15, 0.2) is 0 Å². The van der Waals surface area contributed by atoms with Crippen molar-refractivity contribution in [2.24, 2.45) is 5.14 Å². The molecule has 0 aliphatic carbocycles. The Labute approximate surface area is 225 Å². The lowest BCUT2D eigenvalue weighted by Crippen LogP contribution is -2.53. The molecule has 1 fully saturated rings. The van der Waals surface area contributed by atoms with Gasteiger partial charge in [-0.05, 0) is 88.9 Å². The molecule has 2 aliphatic heterocycles. The van der Waals surface area contributed by atoms with Gasteiger partial charge in [-0.2, -0.15) is 0 Å². The van der Waals surface area contributed by atoms with E-state index in [-0.39, 0.29) is 17.0 Å². The fourth-order valence-electron chi connectivity index (χ4n) is 4.94. The molecular formula is C28H26IN3O3S. The third kappa shape index (κ3) is 4.72. The zero-order chi connectivity index (χ0) is 25.4. The van der Waals surface area contributed by atoms with E-state index in [0.717, 1.165) is 34.4 Å². The van der Waals surface area contributed by atoms with Crippen LogP contribution >= 0.6 is 22.6 Å². The van der Waals surface area contributed by atoms with Crippen molar-refractivity contribution in [1.29, 1.82) is 0 Å². The topological polar surface area (TPSA) is 83.7 Å². The molecular weight excluding hydrogens is 585 g/mol. The van der Waals surface area contributed by atoms with Gasteiger partial charge >= 0.3 is 6.03 Å². The molecule has 2 heterocycles. The molecule has 1 atom stereocenters. The molecule has 5 rings (SSSR count). The monoisotopic (exact) mass is 611 g/mol. The SMILES string of the molecule is Cc1ccccccccc1-c1ccc(N2CCC3Cc4cc(I)c(S(N)(=O)=O)cc4N3C2=O)cc1. The molecule has 8 heteroatoms. The molecule has 36 heavy (non-hydrogen) atoms. The lowest BCUT2D eigenvalue weighted by Gasteiger charge is -2.38. The van der Waals surface area contributed by atoms with Crippen molar-refractivity contribution in [1.82, 2.24) is 0 Å². The van der Waals surface area contributed by atoms with Crippen molar-refractivity contribution in [3.63, 3.8) is 0 Å². The number of amides is 2. The number of hydrogen-bond donors (Lipinski definition) is 1. The highest BCUT2D eigenvalue weighted by molar-refractivity contribution is 14.1. The molecule has 6 nitrogen and oxygen atoms in total. The number of carbonyl (C=O) groups excluding carboxylic acids is 1. The summed E-state index contributed by atoms with van der Waals surface area (Å²) < 4.78 is 24.7. The van der Waals surface area contributed by atoms with Crippen LogP contribution in [-0.4, -0.2) is 27.0 Å². The van der Waals surface area contributed by atoms with Gasteiger partial charge in [0, 0.05) is 21.8 Å². The van der Waals surface area contributed by atoms with Gasteiger partial charge < -0.3 is 0 Å². The van der Waals surface area contributed by atoms with E-state index in [9.17, 15) is 13.2 Å². The molecule has 2 aliphatic rings. The van der Waals surface area contributed by atoms with Crippen LogP contribution in [0.15, 0.2) is 89.8 Å². The number of benzene rings is 2. The largest absolute Gasteiger partial charge is 0.329 e. The number of fused-ring (bicyclic) bond motifs is 3. The standard InChI is InChI=1S/C28H26IN3O3S/c1-19-8-6-4-2-3-5-7-9-24(19)20-10-12-22(13-11-20)31-15-14-23-16-21-17-25(29)27(36(30,34)35)18-26(21)32(23)28(31)33/h2-13,17-18,23H,14-16H2,1H3,(H2,30,34,35). The van der Waals surface area contributed by atoms with E-state index in [2.05, 4.69) is 19.1 Å². The first-order valence-corrected chi connectivity index (χ1v) is 14.3. The van der Waals surface area contributed by atoms with Crippen LogP contribution in [0.5, 0.6) is 0 Å². The Morgan fingerprint density at radius 2 is 1.61 bits per heavy atom. The fourth-order valence-corrected chi connectivity index (χ4v) is 7.00. The van der Waals surface area contributed by atoms with Crippen LogP contribution in [0, 0.1) is 10.5 Å². The minimum Gasteiger partial charge on any atom is -0.294 e. The van der Waals surface area contributed by atoms with Gasteiger partial charge in [0.05, 0.1) is 10.6 Å². The number of nitrogens with two attached hydrogens (primary N) is 1. The van der Waals surface area contributed by atoms with E-state index in [1.54, 1.807) is 15.9 Å². The van der Waals surface area contributed by atoms with Gasteiger partial charge in [0.25, 0.3) is 0 Å². The fraction of sp³-hybridized carbons (Fsp3) is 0.179. The summed E-state index contributed by atoms with van der Waals surface area (Å²) in [5, 5.41) is 5.43. The molecule has 0 saturated carbocycles. The first-order valence-electron chi connectivity index (χ1n) is 11.7. The molecule has 0 spiro atoms. The van der Waals surface area contributed by atoms with E-state index < -0.39 is 10.0 Å². The number of sulfonamides is 1. The quantitative estimate of drug-likeness (QED) is 0.380. The minimum atomic E-state index is -3.89. The summed E-state index contributed by atoms with van der Waals surface area (Å²) in [6.07, 6.45) is 1.51. The highest BCUT2D eigenvalue weighted by atomic mass is 127. The molecule has 0 radical (unpaired) electrons. The van der Waals surface area contributed by atoms with Crippen LogP contribution in [0.4, 0.5) is 16.2 Å². The first kappa shape index (κ1) is 24.7. The third-order valence-corrected chi connectivity index (χ3v) is 8.93. The molecule has 1 saturated heterocycles. The Bertz CT molecular complexity index is 1500. The normalized spacial score (nSPS) is 16.9. The maximum Gasteiger partial charge on any atom is 0.329 e. The summed E-state index contributed by atoms with van der Waals surface area (Å²) in [6.45, 7) is 2.69. The van der Waals surface area contributed by atoms with Gasteiger partial charge in [-0.1, -0.05) is 60.7 Å². The number of anilines is 2. The number of urea groups is 1. The number of aryl methyl sites for hydroxylation is 1. The van der Waals surface area contributed by atoms with Gasteiger partial charge in [-0.25, -0.2) is 18.4 Å². The number of primary sulfonamides is 1. The Morgan fingerprint density at radius 3 is 2.31 bits per heavy atom. The smallest absolute Gasteiger partial charge is 0.294 e. The van der Waals surface area contributed by atoms with Crippen molar-refractivity contribution in [3.8, 4) is 11.1 Å². The molecule has 3 aromatic carbocycles. The highest BCUT2D eigenvalue weighted by Gasteiger charge is 2.41. The summed E-state index contributed by atoms with van der Waals surface area (Å²) in [4.78, 5) is 17.2. The molecule has 1 unspecified atom stereocenters. The molecule has 2 N–H and O–H groups in total. The van der Waals surface area contributed by atoms with Crippen molar-refractivity contribution in [3.05, 3.63) is 99.6 Å². The predicted molar refractivity (Wildman–Crippen MR) is 152 cm³/mol. The lowest BCUT2D eigenvalue weighted by atomic mass is 10.0. The highest BCUT2D eigenvalue weighted by Crippen LogP contribution is 2.40. The Balaban J connectivity index is 1.47. The summed E-state index contributed by atoms with van der Waals surface area (Å²) in [5.74, 6) is 0. The van der Waals surface area contributed by atoms with E-state index in [1.165, 1.54) is 0 Å². The molecule has 184 valence electrons. The van der Waals surface area contributed by atoms with Crippen molar-refractivity contribution < 1.29 is 13.2 Å². The van der Waals surface area contributed by atoms with Crippen LogP contribution in [0.25, 0.3) is 11.1 Å². The average molecular weight is 612 g/mol. The van der Waals surface area contributed by atoms with E-state index in [4.69, 9.17) is 5.14 Å². The zero-order valence-electron chi connectivity index (χ0n) is 19.8. The number of rotatable bonds is 3. The third-order valence-electron chi connectivity index (χ3n) is 6.72. The molecule has 0 aromatic heterocycles. The molecule has 0 bridgehead atoms. The Morgan fingerprint density at radius 1 is 0.944 bits per heavy atom. The Hall–Kier alpha value is -2.95. The van der Waals surface area contributed by atoms with E-state index >= 15 is 0 Å². The van der Waals surface area contributed by atoms with Crippen LogP contribution in [0.2, 0.25) is 0 Å². The van der Waals surface area contributed by atoms with Crippen LogP contribution in [-0.2, 0) is 16.4 Å². The van der Waals surface area contributed by atoms with E-state index in [1.807, 2.05) is 89.3 Å². The number of halogens is 1. The second kappa shape index (κ2) is 9.84. The second-order valence-electron chi connectivity index (χ2n) is 9.04.